The predicted octanol–water partition coefficient (Wildman–Crippen LogP) is 1.27. The van der Waals surface area contributed by atoms with E-state index in [0.29, 0.717) is 19.5 Å². The van der Waals surface area contributed by atoms with Crippen molar-refractivity contribution in [3.63, 3.8) is 0 Å². The molecule has 10 nitrogen and oxygen atoms in total. The minimum Gasteiger partial charge on any atom is -0.496 e. The summed E-state index contributed by atoms with van der Waals surface area (Å²) in [5.74, 6) is -4.65. The molecule has 1 aromatic carbocycles. The number of nitrogens with zero attached hydrogens (tertiary/aromatic N) is 1. The van der Waals surface area contributed by atoms with Crippen LogP contribution in [0.3, 0.4) is 0 Å². The van der Waals surface area contributed by atoms with Gasteiger partial charge < -0.3 is 30.4 Å². The minimum atomic E-state index is -1.14. The number of aromatic nitrogens is 1. The van der Waals surface area contributed by atoms with Gasteiger partial charge in [-0.05, 0) is 43.6 Å². The molecule has 3 amide bonds. The Morgan fingerprint density at radius 1 is 1.24 bits per heavy atom. The number of halogens is 2. The summed E-state index contributed by atoms with van der Waals surface area (Å²) in [4.78, 5) is 55.9. The number of aliphatic hydroxyl groups is 1. The van der Waals surface area contributed by atoms with Crippen LogP contribution in [0.15, 0.2) is 12.1 Å². The molecule has 2 aliphatic heterocycles. The Hall–Kier alpha value is -3.54. The van der Waals surface area contributed by atoms with Gasteiger partial charge in [-0.3, -0.25) is 19.2 Å². The predicted molar refractivity (Wildman–Crippen MR) is 130 cm³/mol. The molecule has 12 heteroatoms. The zero-order chi connectivity index (χ0) is 27.1. The number of carbonyl (C=O) groups excluding carboxylic acids is 4. The first-order valence-electron chi connectivity index (χ1n) is 12.8. The number of ether oxygens (including phenoxy) is 1. The number of benzene rings is 1. The van der Waals surface area contributed by atoms with Crippen LogP contribution in [0.1, 0.15) is 42.6 Å². The fourth-order valence-corrected chi connectivity index (χ4v) is 6.28. The Kier molecular flexibility index (Phi) is 7.08. The van der Waals surface area contributed by atoms with Crippen molar-refractivity contribution in [3.8, 4) is 5.75 Å². The van der Waals surface area contributed by atoms with Crippen LogP contribution in [-0.2, 0) is 14.4 Å². The largest absolute Gasteiger partial charge is 0.496 e. The molecule has 1 saturated carbocycles. The summed E-state index contributed by atoms with van der Waals surface area (Å²) >= 11 is 0. The number of nitrogens with one attached hydrogen (secondary N) is 3. The summed E-state index contributed by atoms with van der Waals surface area (Å²) in [5.41, 5.74) is -0.236. The average molecular weight is 533 g/mol. The van der Waals surface area contributed by atoms with E-state index >= 15 is 0 Å². The number of H-pyrrole nitrogens is 1. The van der Waals surface area contributed by atoms with Gasteiger partial charge >= 0.3 is 0 Å². The van der Waals surface area contributed by atoms with E-state index in [1.165, 1.54) is 18.1 Å². The lowest BCUT2D eigenvalue weighted by Crippen LogP contribution is -2.53. The highest BCUT2D eigenvalue weighted by Crippen LogP contribution is 2.43. The SMILES string of the molecule is COc1cc(F)c(F)c2[nH]c(C(=O)N3C[C@@H]4CCC[C@@H]4C3C(=O)N[C@@H](C[C@@H]3CCNC3=O)C(=O)CO)cc12. The molecule has 1 unspecified atom stereocenters. The van der Waals surface area contributed by atoms with E-state index in [4.69, 9.17) is 4.74 Å². The normalized spacial score (nSPS) is 25.4. The summed E-state index contributed by atoms with van der Waals surface area (Å²) in [7, 11) is 1.31. The zero-order valence-corrected chi connectivity index (χ0v) is 20.9. The Morgan fingerprint density at radius 2 is 2.03 bits per heavy atom. The van der Waals surface area contributed by atoms with E-state index < -0.39 is 53.8 Å². The number of hydrogen-bond acceptors (Lipinski definition) is 6. The molecular weight excluding hydrogens is 502 g/mol. The molecule has 3 aliphatic rings. The molecule has 38 heavy (non-hydrogen) atoms. The van der Waals surface area contributed by atoms with E-state index in [2.05, 4.69) is 15.6 Å². The van der Waals surface area contributed by atoms with Crippen LogP contribution >= 0.6 is 0 Å². The van der Waals surface area contributed by atoms with E-state index in [9.17, 15) is 33.1 Å². The van der Waals surface area contributed by atoms with Crippen LogP contribution in [0.4, 0.5) is 8.78 Å². The molecule has 204 valence electrons. The number of methoxy groups -OCH3 is 1. The average Bonchev–Trinajstić information content (AvgIpc) is 3.69. The van der Waals surface area contributed by atoms with Crippen molar-refractivity contribution in [2.45, 2.75) is 44.2 Å². The van der Waals surface area contributed by atoms with Crippen LogP contribution < -0.4 is 15.4 Å². The third kappa shape index (κ3) is 4.50. The first-order valence-corrected chi connectivity index (χ1v) is 12.8. The maximum absolute atomic E-state index is 14.5. The van der Waals surface area contributed by atoms with E-state index in [1.54, 1.807) is 0 Å². The fourth-order valence-electron chi connectivity index (χ4n) is 6.28. The molecule has 1 aromatic heterocycles. The molecule has 1 aliphatic carbocycles. The number of aliphatic hydroxyl groups excluding tert-OH is 1. The van der Waals surface area contributed by atoms with Crippen molar-refractivity contribution in [2.75, 3.05) is 26.8 Å². The smallest absolute Gasteiger partial charge is 0.271 e. The molecule has 2 aromatic rings. The van der Waals surface area contributed by atoms with Crippen molar-refractivity contribution < 1.29 is 37.8 Å². The molecule has 0 spiro atoms. The number of carbonyl (C=O) groups is 4. The second-order valence-corrected chi connectivity index (χ2v) is 10.3. The highest BCUT2D eigenvalue weighted by atomic mass is 19.2. The van der Waals surface area contributed by atoms with E-state index in [-0.39, 0.29) is 46.5 Å². The third-order valence-electron chi connectivity index (χ3n) is 8.18. The Labute approximate surface area is 217 Å². The number of hydrogen-bond donors (Lipinski definition) is 4. The van der Waals surface area contributed by atoms with Gasteiger partial charge in [-0.15, -0.1) is 0 Å². The number of Topliss-reactive ketones (excluding diaryl/α,β-unsaturated/α-hetero) is 1. The minimum absolute atomic E-state index is 0.0221. The van der Waals surface area contributed by atoms with Crippen molar-refractivity contribution in [1.82, 2.24) is 20.5 Å². The molecule has 2 saturated heterocycles. The van der Waals surface area contributed by atoms with Gasteiger partial charge in [0.05, 0.1) is 18.7 Å². The lowest BCUT2D eigenvalue weighted by Gasteiger charge is -2.29. The first-order chi connectivity index (χ1) is 18.2. The summed E-state index contributed by atoms with van der Waals surface area (Å²) in [6, 6.07) is 0.308. The standard InChI is InChI=1S/C26H30F2N4O6/c1-38-20-9-16(27)21(28)22-15(20)8-18(30-22)26(37)32-10-13-3-2-4-14(13)23(32)25(36)31-17(19(34)11-33)7-12-5-6-29-24(12)35/h8-9,12-14,17,23,30,33H,2-7,10-11H2,1H3,(H,29,35)(H,31,36)/t12-,13-,14-,17-,23?/m0/s1. The molecule has 4 N–H and O–H groups in total. The van der Waals surface area contributed by atoms with Gasteiger partial charge in [0.15, 0.2) is 17.4 Å². The number of fused-ring (bicyclic) bond motifs is 2. The highest BCUT2D eigenvalue weighted by molar-refractivity contribution is 6.02. The van der Waals surface area contributed by atoms with Crippen molar-refractivity contribution in [3.05, 3.63) is 29.5 Å². The molecule has 5 atom stereocenters. The number of rotatable bonds is 8. The van der Waals surface area contributed by atoms with Gasteiger partial charge in [0.1, 0.15) is 24.1 Å². The topological polar surface area (TPSA) is 141 Å². The van der Waals surface area contributed by atoms with Gasteiger partial charge in [0.25, 0.3) is 5.91 Å². The summed E-state index contributed by atoms with van der Waals surface area (Å²) in [5, 5.41) is 15.1. The van der Waals surface area contributed by atoms with Gasteiger partial charge in [-0.2, -0.15) is 0 Å². The highest BCUT2D eigenvalue weighted by Gasteiger charge is 2.50. The molecular formula is C26H30F2N4O6. The second kappa shape index (κ2) is 10.3. The molecule has 5 rings (SSSR count). The first kappa shape index (κ1) is 26.1. The maximum Gasteiger partial charge on any atom is 0.271 e. The van der Waals surface area contributed by atoms with Crippen LogP contribution in [0.2, 0.25) is 0 Å². The van der Waals surface area contributed by atoms with E-state index in [1.807, 2.05) is 0 Å². The number of amides is 3. The van der Waals surface area contributed by atoms with Gasteiger partial charge in [-0.1, -0.05) is 6.42 Å². The zero-order valence-electron chi connectivity index (χ0n) is 20.9. The third-order valence-corrected chi connectivity index (χ3v) is 8.18. The summed E-state index contributed by atoms with van der Waals surface area (Å²) in [6.07, 6.45) is 3.02. The Balaban J connectivity index is 1.42. The molecule has 3 fully saturated rings. The fraction of sp³-hybridized carbons (Fsp3) is 0.538. The number of aromatic amines is 1. The lowest BCUT2D eigenvalue weighted by atomic mass is 9.92. The van der Waals surface area contributed by atoms with E-state index in [0.717, 1.165) is 25.3 Å². The second-order valence-electron chi connectivity index (χ2n) is 10.3. The Morgan fingerprint density at radius 3 is 2.71 bits per heavy atom. The van der Waals surface area contributed by atoms with Crippen molar-refractivity contribution in [1.29, 1.82) is 0 Å². The molecule has 0 bridgehead atoms. The maximum atomic E-state index is 14.5. The Bertz CT molecular complexity index is 1300. The monoisotopic (exact) mass is 532 g/mol. The number of ketones is 1. The van der Waals surface area contributed by atoms with Crippen LogP contribution in [0, 0.1) is 29.4 Å². The van der Waals surface area contributed by atoms with Gasteiger partial charge in [0, 0.05) is 30.5 Å². The van der Waals surface area contributed by atoms with Crippen molar-refractivity contribution in [2.24, 2.45) is 17.8 Å². The van der Waals surface area contributed by atoms with Gasteiger partial charge in [-0.25, -0.2) is 8.78 Å². The molecule has 3 heterocycles. The number of likely N-dealkylation sites (tertiary alicyclic amines) is 1. The summed E-state index contributed by atoms with van der Waals surface area (Å²) in [6.45, 7) is -0.0157. The lowest BCUT2D eigenvalue weighted by molar-refractivity contribution is -0.133. The van der Waals surface area contributed by atoms with Crippen molar-refractivity contribution >= 4 is 34.4 Å². The quantitative estimate of drug-likeness (QED) is 0.404. The van der Waals surface area contributed by atoms with Gasteiger partial charge in [0.2, 0.25) is 11.8 Å². The molecule has 0 radical (unpaired) electrons. The summed E-state index contributed by atoms with van der Waals surface area (Å²) < 4.78 is 33.6. The van der Waals surface area contributed by atoms with Crippen LogP contribution in [-0.4, -0.2) is 77.4 Å². The van der Waals surface area contributed by atoms with Crippen LogP contribution in [0.25, 0.3) is 10.9 Å². The van der Waals surface area contributed by atoms with Crippen LogP contribution in [0.5, 0.6) is 5.75 Å².